The zero-order valence-corrected chi connectivity index (χ0v) is 23.5. The van der Waals surface area contributed by atoms with Gasteiger partial charge in [-0.3, -0.25) is 14.5 Å². The van der Waals surface area contributed by atoms with Gasteiger partial charge in [-0.05, 0) is 49.4 Å². The highest BCUT2D eigenvalue weighted by Gasteiger charge is 2.47. The van der Waals surface area contributed by atoms with Crippen LogP contribution in [0.5, 0.6) is 5.75 Å². The molecule has 216 valence electrons. The molecule has 1 aromatic carbocycles. The fourth-order valence-corrected chi connectivity index (χ4v) is 6.32. The molecule has 2 fully saturated rings. The van der Waals surface area contributed by atoms with Gasteiger partial charge in [-0.25, -0.2) is 4.79 Å². The fourth-order valence-electron chi connectivity index (χ4n) is 6.32. The second kappa shape index (κ2) is 13.5. The number of amides is 3. The first-order valence-electron chi connectivity index (χ1n) is 14.5. The Bertz CT molecular complexity index is 1010. The van der Waals surface area contributed by atoms with E-state index >= 15 is 0 Å². The van der Waals surface area contributed by atoms with E-state index in [4.69, 9.17) is 10.5 Å². The van der Waals surface area contributed by atoms with Gasteiger partial charge in [0.05, 0.1) is 19.1 Å². The molecule has 0 unspecified atom stereocenters. The number of benzene rings is 1. The monoisotopic (exact) mass is 543 g/mol. The Morgan fingerprint density at radius 3 is 2.74 bits per heavy atom. The minimum Gasteiger partial charge on any atom is -0.493 e. The van der Waals surface area contributed by atoms with Crippen LogP contribution in [0.25, 0.3) is 0 Å². The summed E-state index contributed by atoms with van der Waals surface area (Å²) >= 11 is 0. The quantitative estimate of drug-likeness (QED) is 0.392. The molecule has 1 aromatic rings. The first-order chi connectivity index (χ1) is 18.8. The Morgan fingerprint density at radius 2 is 2.00 bits per heavy atom. The van der Waals surface area contributed by atoms with E-state index in [0.29, 0.717) is 52.3 Å². The van der Waals surface area contributed by atoms with Crippen molar-refractivity contribution in [2.75, 3.05) is 66.0 Å². The molecule has 3 aliphatic heterocycles. The molecular formula is C29H45N5O5. The summed E-state index contributed by atoms with van der Waals surface area (Å²) in [6.07, 6.45) is 4.86. The summed E-state index contributed by atoms with van der Waals surface area (Å²) in [7, 11) is 1.80. The molecule has 4 rings (SSSR count). The van der Waals surface area contributed by atoms with Gasteiger partial charge < -0.3 is 30.3 Å². The van der Waals surface area contributed by atoms with E-state index in [1.165, 1.54) is 0 Å². The minimum atomic E-state index is -0.857. The molecule has 0 radical (unpaired) electrons. The third-order valence-corrected chi connectivity index (χ3v) is 8.49. The molecule has 0 aromatic heterocycles. The highest BCUT2D eigenvalue weighted by molar-refractivity contribution is 5.79. The molecule has 0 aliphatic carbocycles. The van der Waals surface area contributed by atoms with Crippen molar-refractivity contribution in [2.45, 2.75) is 57.4 Å². The smallest absolute Gasteiger partial charge is 0.319 e. The number of carboxylic acids is 1. The van der Waals surface area contributed by atoms with Crippen molar-refractivity contribution < 1.29 is 24.2 Å². The van der Waals surface area contributed by atoms with Crippen LogP contribution in [-0.2, 0) is 16.0 Å². The molecule has 0 spiro atoms. The lowest BCUT2D eigenvalue weighted by Crippen LogP contribution is -2.50. The van der Waals surface area contributed by atoms with Crippen LogP contribution in [0, 0.1) is 5.92 Å². The van der Waals surface area contributed by atoms with E-state index in [-0.39, 0.29) is 30.4 Å². The molecule has 3 aliphatic rings. The number of nitrogens with two attached hydrogens (primary N) is 1. The van der Waals surface area contributed by atoms with Crippen LogP contribution in [-0.4, -0.2) is 115 Å². The number of aliphatic carboxylic acids is 1. The molecule has 0 bridgehead atoms. The predicted octanol–water partition coefficient (Wildman–Crippen LogP) is 2.22. The van der Waals surface area contributed by atoms with Gasteiger partial charge in [0, 0.05) is 64.7 Å². The largest absolute Gasteiger partial charge is 0.493 e. The minimum absolute atomic E-state index is 0.0165. The second-order valence-corrected chi connectivity index (χ2v) is 11.1. The summed E-state index contributed by atoms with van der Waals surface area (Å²) in [5.74, 6) is -0.901. The maximum absolute atomic E-state index is 13.5. The Morgan fingerprint density at radius 1 is 1.21 bits per heavy atom. The Labute approximate surface area is 232 Å². The average molecular weight is 544 g/mol. The SMILES string of the molecule is CCCCN(CCCN)C(=O)CN1C[C@H](c2ccc3c(c2)CCO3)[C@@H](C(=O)O)[C@@H]1CCN1CCCN(C)C1=O. The normalized spacial score (nSPS) is 23.2. The van der Waals surface area contributed by atoms with Gasteiger partial charge in [0.15, 0.2) is 0 Å². The number of fused-ring (bicyclic) bond motifs is 1. The number of unbranched alkanes of at least 4 members (excludes halogenated alkanes) is 1. The van der Waals surface area contributed by atoms with E-state index in [1.54, 1.807) is 11.9 Å². The number of carboxylic acid groups (broad SMARTS) is 1. The number of likely N-dealkylation sites (tertiary alicyclic amines) is 1. The number of hydrogen-bond acceptors (Lipinski definition) is 6. The van der Waals surface area contributed by atoms with Crippen LogP contribution in [0.4, 0.5) is 4.79 Å². The molecule has 3 N–H and O–H groups in total. The van der Waals surface area contributed by atoms with Crippen LogP contribution in [0.3, 0.4) is 0 Å². The lowest BCUT2D eigenvalue weighted by molar-refractivity contribution is -0.144. The van der Waals surface area contributed by atoms with Gasteiger partial charge in [-0.2, -0.15) is 0 Å². The summed E-state index contributed by atoms with van der Waals surface area (Å²) in [6.45, 7) is 7.08. The molecule has 10 nitrogen and oxygen atoms in total. The third-order valence-electron chi connectivity index (χ3n) is 8.49. The van der Waals surface area contributed by atoms with Crippen molar-refractivity contribution in [2.24, 2.45) is 11.7 Å². The van der Waals surface area contributed by atoms with Gasteiger partial charge in [0.1, 0.15) is 5.75 Å². The fraction of sp³-hybridized carbons (Fsp3) is 0.690. The van der Waals surface area contributed by atoms with Crippen molar-refractivity contribution in [1.29, 1.82) is 0 Å². The highest BCUT2D eigenvalue weighted by Crippen LogP contribution is 2.41. The van der Waals surface area contributed by atoms with Crippen molar-refractivity contribution in [3.63, 3.8) is 0 Å². The summed E-state index contributed by atoms with van der Waals surface area (Å²) < 4.78 is 5.67. The van der Waals surface area contributed by atoms with Crippen molar-refractivity contribution in [3.05, 3.63) is 29.3 Å². The van der Waals surface area contributed by atoms with Gasteiger partial charge in [0.25, 0.3) is 0 Å². The predicted molar refractivity (Wildman–Crippen MR) is 149 cm³/mol. The lowest BCUT2D eigenvalue weighted by Gasteiger charge is -2.35. The van der Waals surface area contributed by atoms with Gasteiger partial charge in [-0.15, -0.1) is 0 Å². The highest BCUT2D eigenvalue weighted by atomic mass is 16.5. The number of rotatable bonds is 13. The maximum atomic E-state index is 13.5. The molecule has 0 saturated carbocycles. The van der Waals surface area contributed by atoms with E-state index in [1.807, 2.05) is 21.9 Å². The van der Waals surface area contributed by atoms with Crippen LogP contribution >= 0.6 is 0 Å². The van der Waals surface area contributed by atoms with Gasteiger partial charge in [0.2, 0.25) is 5.91 Å². The van der Waals surface area contributed by atoms with Crippen LogP contribution in [0.1, 0.15) is 56.1 Å². The van der Waals surface area contributed by atoms with Crippen molar-refractivity contribution in [3.8, 4) is 5.75 Å². The summed E-state index contributed by atoms with van der Waals surface area (Å²) in [4.78, 5) is 46.5. The summed E-state index contributed by atoms with van der Waals surface area (Å²) in [5, 5.41) is 10.5. The van der Waals surface area contributed by atoms with Gasteiger partial charge in [-0.1, -0.05) is 25.5 Å². The van der Waals surface area contributed by atoms with Crippen LogP contribution in [0.15, 0.2) is 18.2 Å². The number of hydrogen-bond donors (Lipinski definition) is 2. The zero-order chi connectivity index (χ0) is 27.9. The molecule has 3 amide bonds. The number of carbonyl (C=O) groups is 3. The average Bonchev–Trinajstić information content (AvgIpc) is 3.53. The second-order valence-electron chi connectivity index (χ2n) is 11.1. The number of nitrogens with zero attached hydrogens (tertiary/aromatic N) is 4. The van der Waals surface area contributed by atoms with Crippen LogP contribution < -0.4 is 10.5 Å². The molecule has 3 atom stereocenters. The van der Waals surface area contributed by atoms with E-state index in [0.717, 1.165) is 55.5 Å². The number of ether oxygens (including phenoxy) is 1. The van der Waals surface area contributed by atoms with E-state index < -0.39 is 11.9 Å². The van der Waals surface area contributed by atoms with Crippen molar-refractivity contribution in [1.82, 2.24) is 19.6 Å². The zero-order valence-electron chi connectivity index (χ0n) is 23.5. The number of carbonyl (C=O) groups excluding carboxylic acids is 2. The van der Waals surface area contributed by atoms with Crippen LogP contribution in [0.2, 0.25) is 0 Å². The standard InChI is InChI=1S/C29H45N5O5/c1-3-4-13-32(14-5-11-30)26(35)20-34-19-23(21-7-8-25-22(18-21)10-17-39-25)27(28(36)37)24(34)9-16-33-15-6-12-31(2)29(33)38/h7-8,18,23-24,27H,3-6,9-17,19-20,30H2,1-2H3,(H,36,37)/t23-,24+,27-/m1/s1. The van der Waals surface area contributed by atoms with Crippen molar-refractivity contribution >= 4 is 17.9 Å². The number of urea groups is 1. The topological polar surface area (TPSA) is 120 Å². The molecule has 10 heteroatoms. The molecular weight excluding hydrogens is 498 g/mol. The lowest BCUT2D eigenvalue weighted by atomic mass is 9.83. The van der Waals surface area contributed by atoms with E-state index in [2.05, 4.69) is 17.9 Å². The summed E-state index contributed by atoms with van der Waals surface area (Å²) in [6, 6.07) is 5.63. The third kappa shape index (κ3) is 6.84. The van der Waals surface area contributed by atoms with E-state index in [9.17, 15) is 19.5 Å². The van der Waals surface area contributed by atoms with Gasteiger partial charge >= 0.3 is 12.0 Å². The molecule has 39 heavy (non-hydrogen) atoms. The Hall–Kier alpha value is -2.85. The first kappa shape index (κ1) is 29.1. The first-order valence-corrected chi connectivity index (χ1v) is 14.5. The Kier molecular flexibility index (Phi) is 10.1. The Balaban J connectivity index is 1.58. The molecule has 2 saturated heterocycles. The summed E-state index contributed by atoms with van der Waals surface area (Å²) in [5.41, 5.74) is 7.82. The maximum Gasteiger partial charge on any atom is 0.319 e. The molecule has 3 heterocycles.